The molecular weight excluding hydrogens is 411 g/mol. The number of carbonyl (C=O) groups is 1. The fourth-order valence-corrected chi connectivity index (χ4v) is 3.43. The van der Waals surface area contributed by atoms with Gasteiger partial charge in [-0.15, -0.1) is 0 Å². The summed E-state index contributed by atoms with van der Waals surface area (Å²) < 4.78 is 41.4. The molecule has 1 fully saturated rings. The molecular formula is C21H20F3N5O2. The van der Waals surface area contributed by atoms with Gasteiger partial charge in [-0.3, -0.25) is 5.10 Å². The van der Waals surface area contributed by atoms with Crippen LogP contribution in [0.2, 0.25) is 0 Å². The van der Waals surface area contributed by atoms with Crippen LogP contribution < -0.4 is 10.1 Å². The maximum atomic E-state index is 12.8. The van der Waals surface area contributed by atoms with Crippen LogP contribution in [0.4, 0.5) is 23.7 Å². The first kappa shape index (κ1) is 20.7. The van der Waals surface area contributed by atoms with Gasteiger partial charge in [-0.2, -0.15) is 18.3 Å². The molecule has 1 aliphatic heterocycles. The molecule has 0 bridgehead atoms. The number of H-pyrrole nitrogens is 1. The Balaban J connectivity index is 1.40. The van der Waals surface area contributed by atoms with Gasteiger partial charge in [0.05, 0.1) is 6.04 Å². The first-order valence-corrected chi connectivity index (χ1v) is 9.74. The second-order valence-electron chi connectivity index (χ2n) is 7.12. The quantitative estimate of drug-likeness (QED) is 0.609. The lowest BCUT2D eigenvalue weighted by atomic mass is 10.2. The maximum Gasteiger partial charge on any atom is 0.422 e. The minimum atomic E-state index is -4.40. The Morgan fingerprint density at radius 1 is 1.16 bits per heavy atom. The number of likely N-dealkylation sites (tertiary alicyclic amines) is 1. The average molecular weight is 431 g/mol. The van der Waals surface area contributed by atoms with E-state index < -0.39 is 12.8 Å². The van der Waals surface area contributed by atoms with Crippen LogP contribution in [0.3, 0.4) is 0 Å². The van der Waals surface area contributed by atoms with Crippen LogP contribution in [-0.4, -0.2) is 45.4 Å². The first-order chi connectivity index (χ1) is 14.9. The maximum absolute atomic E-state index is 12.8. The zero-order valence-corrected chi connectivity index (χ0v) is 16.4. The van der Waals surface area contributed by atoms with E-state index in [-0.39, 0.29) is 17.8 Å². The predicted molar refractivity (Wildman–Crippen MR) is 108 cm³/mol. The van der Waals surface area contributed by atoms with E-state index in [1.165, 1.54) is 24.3 Å². The molecule has 0 unspecified atom stereocenters. The van der Waals surface area contributed by atoms with Gasteiger partial charge in [0, 0.05) is 17.8 Å². The number of halogens is 3. The van der Waals surface area contributed by atoms with Gasteiger partial charge in [0.25, 0.3) is 0 Å². The molecule has 2 aromatic carbocycles. The number of aromatic amines is 1. The molecule has 2 N–H and O–H groups in total. The van der Waals surface area contributed by atoms with Crippen LogP contribution in [0.5, 0.6) is 5.75 Å². The van der Waals surface area contributed by atoms with E-state index in [0.29, 0.717) is 23.9 Å². The van der Waals surface area contributed by atoms with Crippen LogP contribution in [0.15, 0.2) is 54.6 Å². The lowest BCUT2D eigenvalue weighted by Gasteiger charge is -2.23. The van der Waals surface area contributed by atoms with Gasteiger partial charge < -0.3 is 15.0 Å². The second kappa shape index (κ2) is 8.66. The molecule has 1 saturated heterocycles. The number of rotatable bonds is 5. The molecule has 2 heterocycles. The number of alkyl halides is 3. The molecule has 2 amide bonds. The monoisotopic (exact) mass is 431 g/mol. The van der Waals surface area contributed by atoms with E-state index in [0.717, 1.165) is 18.4 Å². The number of nitrogens with one attached hydrogen (secondary N) is 2. The molecule has 1 aliphatic rings. The molecule has 0 spiro atoms. The highest BCUT2D eigenvalue weighted by molar-refractivity contribution is 5.89. The summed E-state index contributed by atoms with van der Waals surface area (Å²) in [5, 5.41) is 9.97. The van der Waals surface area contributed by atoms with Crippen LogP contribution in [0.1, 0.15) is 24.7 Å². The lowest BCUT2D eigenvalue weighted by molar-refractivity contribution is -0.153. The summed E-state index contributed by atoms with van der Waals surface area (Å²) in [7, 11) is 0. The van der Waals surface area contributed by atoms with E-state index in [9.17, 15) is 18.0 Å². The van der Waals surface area contributed by atoms with Crippen LogP contribution in [0, 0.1) is 0 Å². The smallest absolute Gasteiger partial charge is 0.422 e. The highest BCUT2D eigenvalue weighted by Crippen LogP contribution is 2.31. The summed E-state index contributed by atoms with van der Waals surface area (Å²) in [5.41, 5.74) is 1.34. The lowest BCUT2D eigenvalue weighted by Crippen LogP contribution is -2.34. The van der Waals surface area contributed by atoms with E-state index in [2.05, 4.69) is 25.2 Å². The average Bonchev–Trinajstić information content (AvgIpc) is 3.43. The van der Waals surface area contributed by atoms with Crippen molar-refractivity contribution in [3.8, 4) is 17.1 Å². The van der Waals surface area contributed by atoms with Crippen molar-refractivity contribution in [2.45, 2.75) is 25.1 Å². The molecule has 1 atom stereocenters. The van der Waals surface area contributed by atoms with Crippen molar-refractivity contribution >= 4 is 11.7 Å². The minimum absolute atomic E-state index is 0.0736. The highest BCUT2D eigenvalue weighted by Gasteiger charge is 2.32. The SMILES string of the molecule is O=C(Nc1ccc(OCC(F)(F)F)cc1)N1CCC[C@H]1c1nc(-c2ccccc2)n[nH]1. The zero-order chi connectivity index (χ0) is 21.8. The molecule has 10 heteroatoms. The van der Waals surface area contributed by atoms with E-state index >= 15 is 0 Å². The summed E-state index contributed by atoms with van der Waals surface area (Å²) in [6, 6.07) is 14.7. The second-order valence-corrected chi connectivity index (χ2v) is 7.12. The Bertz CT molecular complexity index is 1020. The number of amides is 2. The zero-order valence-electron chi connectivity index (χ0n) is 16.4. The molecule has 3 aromatic rings. The Morgan fingerprint density at radius 3 is 2.61 bits per heavy atom. The number of urea groups is 1. The van der Waals surface area contributed by atoms with Gasteiger partial charge >= 0.3 is 12.2 Å². The van der Waals surface area contributed by atoms with Gasteiger partial charge in [0.1, 0.15) is 11.6 Å². The third-order valence-electron chi connectivity index (χ3n) is 4.87. The number of benzene rings is 2. The number of anilines is 1. The van der Waals surface area contributed by atoms with Crippen molar-refractivity contribution in [1.29, 1.82) is 0 Å². The standard InChI is InChI=1S/C21H20F3N5O2/c22-21(23,24)13-31-16-10-8-15(9-11-16)25-20(30)29-12-4-7-17(29)19-26-18(27-28-19)14-5-2-1-3-6-14/h1-3,5-6,8-11,17H,4,7,12-13H2,(H,25,30)(H,26,27,28)/t17-/m0/s1. The molecule has 7 nitrogen and oxygen atoms in total. The summed E-state index contributed by atoms with van der Waals surface area (Å²) in [4.78, 5) is 19.0. The van der Waals surface area contributed by atoms with Crippen LogP contribution in [-0.2, 0) is 0 Å². The van der Waals surface area contributed by atoms with E-state index in [4.69, 9.17) is 0 Å². The fraction of sp³-hybridized carbons (Fsp3) is 0.286. The van der Waals surface area contributed by atoms with Crippen molar-refractivity contribution in [2.24, 2.45) is 0 Å². The number of ether oxygens (including phenoxy) is 1. The van der Waals surface area contributed by atoms with Gasteiger partial charge in [-0.05, 0) is 37.1 Å². The van der Waals surface area contributed by atoms with Crippen molar-refractivity contribution in [2.75, 3.05) is 18.5 Å². The molecule has 0 radical (unpaired) electrons. The van der Waals surface area contributed by atoms with E-state index in [1.54, 1.807) is 4.90 Å². The van der Waals surface area contributed by atoms with Gasteiger partial charge in [-0.1, -0.05) is 30.3 Å². The predicted octanol–water partition coefficient (Wildman–Crippen LogP) is 4.78. The molecule has 4 rings (SSSR count). The molecule has 0 aliphatic carbocycles. The third kappa shape index (κ3) is 5.14. The Kier molecular flexibility index (Phi) is 5.79. The Hall–Kier alpha value is -3.56. The summed E-state index contributed by atoms with van der Waals surface area (Å²) in [6.45, 7) is -0.805. The van der Waals surface area contributed by atoms with Crippen molar-refractivity contribution in [1.82, 2.24) is 20.1 Å². The first-order valence-electron chi connectivity index (χ1n) is 9.74. The topological polar surface area (TPSA) is 83.1 Å². The molecule has 1 aromatic heterocycles. The summed E-state index contributed by atoms with van der Waals surface area (Å²) >= 11 is 0. The number of hydrogen-bond donors (Lipinski definition) is 2. The molecule has 162 valence electrons. The summed E-state index contributed by atoms with van der Waals surface area (Å²) in [6.07, 6.45) is -2.83. The highest BCUT2D eigenvalue weighted by atomic mass is 19.4. The normalized spacial score (nSPS) is 16.4. The van der Waals surface area contributed by atoms with Gasteiger partial charge in [0.2, 0.25) is 0 Å². The molecule has 0 saturated carbocycles. The van der Waals surface area contributed by atoms with Gasteiger partial charge in [-0.25, -0.2) is 9.78 Å². The largest absolute Gasteiger partial charge is 0.484 e. The van der Waals surface area contributed by atoms with Crippen molar-refractivity contribution < 1.29 is 22.7 Å². The van der Waals surface area contributed by atoms with Crippen molar-refractivity contribution in [3.63, 3.8) is 0 Å². The van der Waals surface area contributed by atoms with Crippen molar-refractivity contribution in [3.05, 3.63) is 60.4 Å². The number of hydrogen-bond acceptors (Lipinski definition) is 4. The van der Waals surface area contributed by atoms with Crippen LogP contribution in [0.25, 0.3) is 11.4 Å². The van der Waals surface area contributed by atoms with Crippen LogP contribution >= 0.6 is 0 Å². The van der Waals surface area contributed by atoms with E-state index in [1.807, 2.05) is 30.3 Å². The Labute approximate surface area is 176 Å². The minimum Gasteiger partial charge on any atom is -0.484 e. The summed E-state index contributed by atoms with van der Waals surface area (Å²) in [5.74, 6) is 1.25. The molecule has 31 heavy (non-hydrogen) atoms. The number of carbonyl (C=O) groups excluding carboxylic acids is 1. The third-order valence-corrected chi connectivity index (χ3v) is 4.87. The number of nitrogens with zero attached hydrogens (tertiary/aromatic N) is 3. The van der Waals surface area contributed by atoms with Gasteiger partial charge in [0.15, 0.2) is 12.4 Å². The number of aromatic nitrogens is 3. The fourth-order valence-electron chi connectivity index (χ4n) is 3.43. The Morgan fingerprint density at radius 2 is 1.90 bits per heavy atom.